The molecule has 0 amide bonds. The number of carbonyl (C=O) groups is 1. The van der Waals surface area contributed by atoms with Crippen molar-refractivity contribution in [1.82, 2.24) is 4.98 Å². The zero-order valence-corrected chi connectivity index (χ0v) is 15.8. The maximum atomic E-state index is 12.4. The Kier molecular flexibility index (Phi) is 4.34. The molecule has 0 spiro atoms. The van der Waals surface area contributed by atoms with Gasteiger partial charge in [-0.15, -0.1) is 0 Å². The number of H-pyrrole nitrogens is 1. The van der Waals surface area contributed by atoms with Gasteiger partial charge in [0.25, 0.3) is 0 Å². The van der Waals surface area contributed by atoms with Crippen LogP contribution in [-0.4, -0.2) is 34.6 Å². The van der Waals surface area contributed by atoms with Crippen LogP contribution >= 0.6 is 0 Å². The molecule has 3 aromatic rings. The van der Waals surface area contributed by atoms with Gasteiger partial charge in [-0.1, -0.05) is 12.1 Å². The summed E-state index contributed by atoms with van der Waals surface area (Å²) >= 11 is 0. The van der Waals surface area contributed by atoms with Crippen LogP contribution in [0.25, 0.3) is 10.9 Å². The van der Waals surface area contributed by atoms with Crippen molar-refractivity contribution in [3.63, 3.8) is 0 Å². The molecule has 120 valence electrons. The van der Waals surface area contributed by atoms with Gasteiger partial charge in [-0.25, -0.2) is 13.4 Å². The number of hydrogen-bond donors (Lipinski definition) is 2. The number of nitrogens with one attached hydrogen (secondary N) is 1. The van der Waals surface area contributed by atoms with Crippen LogP contribution in [0.3, 0.4) is 0 Å². The number of hydrogen-bond acceptors (Lipinski definition) is 6. The number of Topliss-reactive ketones (excluding diaryl/α,β-unsaturated/α-hetero) is 1. The van der Waals surface area contributed by atoms with E-state index in [1.807, 2.05) is 0 Å². The maximum absolute atomic E-state index is 12.4. The Hall–Kier alpha value is -1.97. The molecule has 9 heteroatoms. The van der Waals surface area contributed by atoms with Gasteiger partial charge in [-0.3, -0.25) is 4.79 Å². The number of aromatic hydroxyl groups is 1. The van der Waals surface area contributed by atoms with Crippen molar-refractivity contribution in [2.24, 2.45) is 4.99 Å². The van der Waals surface area contributed by atoms with Gasteiger partial charge < -0.3 is 14.6 Å². The molecule has 0 radical (unpaired) electrons. The van der Waals surface area contributed by atoms with Crippen LogP contribution in [0.5, 0.6) is 5.75 Å². The Morgan fingerprint density at radius 1 is 1.12 bits per heavy atom. The van der Waals surface area contributed by atoms with E-state index < -0.39 is 15.0 Å². The van der Waals surface area contributed by atoms with Gasteiger partial charge in [0.15, 0.2) is 5.75 Å². The van der Waals surface area contributed by atoms with Crippen molar-refractivity contribution in [3.05, 3.63) is 53.7 Å². The number of fused-ring (bicyclic) bond motifs is 2. The van der Waals surface area contributed by atoms with Crippen LogP contribution < -0.4 is 29.6 Å². The minimum atomic E-state index is -4.65. The third kappa shape index (κ3) is 2.82. The number of carbonyl (C=O) groups excluding carboxylic acids is 1. The molecule has 2 heterocycles. The summed E-state index contributed by atoms with van der Waals surface area (Å²) in [6.07, 6.45) is 0. The van der Waals surface area contributed by atoms with E-state index in [9.17, 15) is 22.9 Å². The molecular formula is C16H9N2NaO5S. The van der Waals surface area contributed by atoms with Crippen LogP contribution in [0.1, 0.15) is 16.1 Å². The third-order valence-electron chi connectivity index (χ3n) is 3.86. The second kappa shape index (κ2) is 6.08. The first kappa shape index (κ1) is 17.8. The summed E-state index contributed by atoms with van der Waals surface area (Å²) in [6.45, 7) is 0. The molecule has 0 bridgehead atoms. The first-order valence-corrected chi connectivity index (χ1v) is 8.30. The summed E-state index contributed by atoms with van der Waals surface area (Å²) < 4.78 is 33.4. The van der Waals surface area contributed by atoms with Crippen LogP contribution in [0.4, 0.5) is 5.69 Å². The summed E-state index contributed by atoms with van der Waals surface area (Å²) in [4.78, 5) is 19.1. The second-order valence-corrected chi connectivity index (χ2v) is 6.70. The number of aromatic nitrogens is 1. The van der Waals surface area contributed by atoms with Gasteiger partial charge in [0.05, 0.1) is 10.6 Å². The van der Waals surface area contributed by atoms with E-state index in [1.165, 1.54) is 6.07 Å². The fourth-order valence-corrected chi connectivity index (χ4v) is 3.21. The van der Waals surface area contributed by atoms with E-state index in [-0.39, 0.29) is 57.9 Å². The predicted octanol–water partition coefficient (Wildman–Crippen LogP) is -0.901. The van der Waals surface area contributed by atoms with Gasteiger partial charge in [0, 0.05) is 16.5 Å². The molecule has 0 atom stereocenters. The fourth-order valence-electron chi connectivity index (χ4n) is 2.72. The number of nitrogens with zero attached hydrogens (tertiary/aromatic N) is 1. The zero-order valence-electron chi connectivity index (χ0n) is 13.0. The van der Waals surface area contributed by atoms with Crippen LogP contribution in [0, 0.1) is 0 Å². The predicted molar refractivity (Wildman–Crippen MR) is 84.9 cm³/mol. The molecule has 2 aromatic carbocycles. The normalized spacial score (nSPS) is 13.5. The Balaban J connectivity index is 0.00000182. The minimum absolute atomic E-state index is 0. The maximum Gasteiger partial charge on any atom is 1.00 e. The van der Waals surface area contributed by atoms with E-state index in [0.717, 1.165) is 12.1 Å². The number of ketones is 1. The van der Waals surface area contributed by atoms with Gasteiger partial charge >= 0.3 is 29.6 Å². The molecule has 4 rings (SSSR count). The molecule has 0 saturated heterocycles. The van der Waals surface area contributed by atoms with Gasteiger partial charge in [-0.2, -0.15) is 0 Å². The molecule has 0 fully saturated rings. The number of rotatable bonds is 2. The van der Waals surface area contributed by atoms with Crippen molar-refractivity contribution >= 4 is 38.2 Å². The molecule has 2 N–H and O–H groups in total. The van der Waals surface area contributed by atoms with E-state index in [4.69, 9.17) is 0 Å². The van der Waals surface area contributed by atoms with E-state index in [1.54, 1.807) is 24.3 Å². The molecule has 25 heavy (non-hydrogen) atoms. The van der Waals surface area contributed by atoms with Crippen molar-refractivity contribution in [2.75, 3.05) is 0 Å². The Morgan fingerprint density at radius 3 is 2.52 bits per heavy atom. The monoisotopic (exact) mass is 364 g/mol. The van der Waals surface area contributed by atoms with Crippen LogP contribution in [-0.2, 0) is 10.1 Å². The van der Waals surface area contributed by atoms with Crippen molar-refractivity contribution in [2.45, 2.75) is 4.90 Å². The smallest absolute Gasteiger partial charge is 0.744 e. The van der Waals surface area contributed by atoms with E-state index in [0.29, 0.717) is 16.8 Å². The number of benzene rings is 2. The van der Waals surface area contributed by atoms with E-state index in [2.05, 4.69) is 9.98 Å². The van der Waals surface area contributed by atoms with Gasteiger partial charge in [-0.05, 0) is 30.3 Å². The molecule has 0 saturated carbocycles. The van der Waals surface area contributed by atoms with Crippen LogP contribution in [0.15, 0.2) is 52.4 Å². The molecule has 0 aliphatic carbocycles. The average Bonchev–Trinajstić information content (AvgIpc) is 3.05. The summed E-state index contributed by atoms with van der Waals surface area (Å²) in [7, 11) is -4.65. The molecular weight excluding hydrogens is 355 g/mol. The summed E-state index contributed by atoms with van der Waals surface area (Å²) in [5.41, 5.74) is 1.44. The second-order valence-electron chi connectivity index (χ2n) is 5.32. The quantitative estimate of drug-likeness (QED) is 0.451. The number of aliphatic imine (C=N–C) groups is 1. The Bertz CT molecular complexity index is 1160. The largest absolute Gasteiger partial charge is 1.00 e. The molecule has 1 aromatic heterocycles. The topological polar surface area (TPSA) is 123 Å². The molecule has 1 aliphatic heterocycles. The zero-order chi connectivity index (χ0) is 17.1. The summed E-state index contributed by atoms with van der Waals surface area (Å²) in [6, 6.07) is 10.3. The van der Waals surface area contributed by atoms with Gasteiger partial charge in [0.1, 0.15) is 21.5 Å². The van der Waals surface area contributed by atoms with E-state index >= 15 is 0 Å². The third-order valence-corrected chi connectivity index (χ3v) is 4.70. The van der Waals surface area contributed by atoms with Crippen molar-refractivity contribution in [3.8, 4) is 5.75 Å². The number of aromatic amines is 1. The van der Waals surface area contributed by atoms with Crippen LogP contribution in [0.2, 0.25) is 0 Å². The van der Waals surface area contributed by atoms with Crippen molar-refractivity contribution < 1.29 is 52.4 Å². The molecule has 7 nitrogen and oxygen atoms in total. The Labute approximate surface area is 164 Å². The summed E-state index contributed by atoms with van der Waals surface area (Å²) in [5.74, 6) is -0.667. The standard InChI is InChI=1S/C16H10N2O5S.Na/c19-15-9-3-1-2-4-11(9)17-13(15)14-16(20)10-7-8(24(21,22)23)5-6-12(10)18-14;/h1-7,18,20H,(H,21,22,23);/q;+1/p-1. The fraction of sp³-hybridized carbons (Fsp3) is 0. The summed E-state index contributed by atoms with van der Waals surface area (Å²) in [5, 5.41) is 10.5. The van der Waals surface area contributed by atoms with Gasteiger partial charge in [0.2, 0.25) is 5.78 Å². The number of para-hydroxylation sites is 1. The SMILES string of the molecule is O=C1C(c2[nH]c3ccc(S(=O)(=O)[O-])cc3c2O)=Nc2ccccc21.[Na+]. The van der Waals surface area contributed by atoms with Crippen molar-refractivity contribution in [1.29, 1.82) is 0 Å². The Morgan fingerprint density at radius 2 is 1.84 bits per heavy atom. The average molecular weight is 364 g/mol. The molecule has 0 unspecified atom stereocenters. The molecule has 1 aliphatic rings. The first-order chi connectivity index (χ1) is 11.4. The minimum Gasteiger partial charge on any atom is -0.744 e. The first-order valence-electron chi connectivity index (χ1n) is 6.89.